The van der Waals surface area contributed by atoms with E-state index in [0.29, 0.717) is 0 Å². The summed E-state index contributed by atoms with van der Waals surface area (Å²) in [5.41, 5.74) is 0. The van der Waals surface area contributed by atoms with Gasteiger partial charge in [-0.25, -0.2) is 4.79 Å². The molecule has 0 amide bonds. The van der Waals surface area contributed by atoms with Crippen molar-refractivity contribution < 1.29 is 32.5 Å². The summed E-state index contributed by atoms with van der Waals surface area (Å²) in [7, 11) is 0. The molecular formula is C9H13F3O4. The van der Waals surface area contributed by atoms with E-state index in [9.17, 15) is 18.0 Å². The van der Waals surface area contributed by atoms with E-state index >= 15 is 0 Å². The van der Waals surface area contributed by atoms with Crippen molar-refractivity contribution in [2.45, 2.75) is 44.3 Å². The van der Waals surface area contributed by atoms with Crippen LogP contribution in [0.3, 0.4) is 0 Å². The van der Waals surface area contributed by atoms with Crippen molar-refractivity contribution in [3.63, 3.8) is 0 Å². The van der Waals surface area contributed by atoms with Gasteiger partial charge in [0.25, 0.3) is 0 Å². The van der Waals surface area contributed by atoms with Crippen molar-refractivity contribution in [2.24, 2.45) is 0 Å². The highest BCUT2D eigenvalue weighted by Gasteiger charge is 2.43. The Morgan fingerprint density at radius 3 is 2.62 bits per heavy atom. The average molecular weight is 242 g/mol. The number of ether oxygens (including phenoxy) is 2. The number of esters is 1. The second kappa shape index (κ2) is 5.01. The fourth-order valence-electron chi connectivity index (χ4n) is 1.63. The molecule has 0 unspecified atom stereocenters. The molecule has 0 aromatic rings. The minimum atomic E-state index is -4.98. The van der Waals surface area contributed by atoms with E-state index in [4.69, 9.17) is 9.84 Å². The lowest BCUT2D eigenvalue weighted by Gasteiger charge is -2.32. The van der Waals surface area contributed by atoms with Gasteiger partial charge < -0.3 is 14.6 Å². The highest BCUT2D eigenvalue weighted by atomic mass is 19.4. The Kier molecular flexibility index (Phi) is 4.15. The molecule has 0 spiro atoms. The minimum absolute atomic E-state index is 0.0860. The van der Waals surface area contributed by atoms with E-state index in [-0.39, 0.29) is 25.6 Å². The molecule has 0 aliphatic carbocycles. The highest BCUT2D eigenvalue weighted by Crippen LogP contribution is 2.25. The van der Waals surface area contributed by atoms with Crippen LogP contribution in [0, 0.1) is 0 Å². The van der Waals surface area contributed by atoms with Crippen molar-refractivity contribution in [1.29, 1.82) is 0 Å². The van der Waals surface area contributed by atoms with Gasteiger partial charge in [0.05, 0.1) is 18.8 Å². The molecule has 1 fully saturated rings. The van der Waals surface area contributed by atoms with E-state index in [1.165, 1.54) is 0 Å². The van der Waals surface area contributed by atoms with E-state index in [0.717, 1.165) is 0 Å². The maximum absolute atomic E-state index is 11.9. The summed E-state index contributed by atoms with van der Waals surface area (Å²) in [6.45, 7) is 1.35. The first-order valence-electron chi connectivity index (χ1n) is 4.87. The zero-order chi connectivity index (χ0) is 12.3. The molecule has 1 rings (SSSR count). The summed E-state index contributed by atoms with van der Waals surface area (Å²) < 4.78 is 45.3. The molecular weight excluding hydrogens is 229 g/mol. The number of alkyl halides is 3. The quantitative estimate of drug-likeness (QED) is 0.734. The van der Waals surface area contributed by atoms with Gasteiger partial charge in [-0.05, 0) is 6.92 Å². The summed E-state index contributed by atoms with van der Waals surface area (Å²) in [5.74, 6) is -2.19. The second-order valence-electron chi connectivity index (χ2n) is 3.75. The van der Waals surface area contributed by atoms with Crippen LogP contribution in [0.4, 0.5) is 13.2 Å². The number of hydrogen-bond acceptors (Lipinski definition) is 4. The maximum atomic E-state index is 11.9. The van der Waals surface area contributed by atoms with Crippen LogP contribution in [0.1, 0.15) is 19.8 Å². The van der Waals surface area contributed by atoms with Gasteiger partial charge in [-0.1, -0.05) is 0 Å². The summed E-state index contributed by atoms with van der Waals surface area (Å²) >= 11 is 0. The van der Waals surface area contributed by atoms with Gasteiger partial charge in [-0.2, -0.15) is 13.2 Å². The predicted octanol–water partition coefficient (Wildman–Crippen LogP) is 1.02. The Morgan fingerprint density at radius 2 is 2.12 bits per heavy atom. The van der Waals surface area contributed by atoms with Gasteiger partial charge in [0.1, 0.15) is 6.10 Å². The molecule has 0 radical (unpaired) electrons. The molecule has 7 heteroatoms. The lowest BCUT2D eigenvalue weighted by Crippen LogP contribution is -2.40. The Hall–Kier alpha value is -0.820. The van der Waals surface area contributed by atoms with E-state index < -0.39 is 24.4 Å². The number of carbonyl (C=O) groups excluding carboxylic acids is 1. The van der Waals surface area contributed by atoms with Gasteiger partial charge in [0, 0.05) is 12.8 Å². The van der Waals surface area contributed by atoms with Crippen molar-refractivity contribution >= 4 is 5.97 Å². The summed E-state index contributed by atoms with van der Waals surface area (Å²) in [5, 5.41) is 8.83. The first-order chi connectivity index (χ1) is 7.32. The molecule has 0 bridgehead atoms. The molecule has 1 aliphatic heterocycles. The van der Waals surface area contributed by atoms with Gasteiger partial charge >= 0.3 is 12.1 Å². The molecule has 1 N–H and O–H groups in total. The smallest absolute Gasteiger partial charge is 0.456 e. The number of rotatable bonds is 2. The first-order valence-corrected chi connectivity index (χ1v) is 4.87. The molecule has 4 nitrogen and oxygen atoms in total. The molecule has 94 valence electrons. The normalized spacial score (nSPS) is 31.2. The highest BCUT2D eigenvalue weighted by molar-refractivity contribution is 5.75. The number of carbonyl (C=O) groups is 1. The zero-order valence-electron chi connectivity index (χ0n) is 8.66. The van der Waals surface area contributed by atoms with Crippen molar-refractivity contribution in [1.82, 2.24) is 0 Å². The Morgan fingerprint density at radius 1 is 1.50 bits per heavy atom. The Labute approximate surface area is 90.3 Å². The summed E-state index contributed by atoms with van der Waals surface area (Å²) in [6, 6.07) is 0. The molecule has 16 heavy (non-hydrogen) atoms. The van der Waals surface area contributed by atoms with E-state index in [2.05, 4.69) is 4.74 Å². The SMILES string of the molecule is C[C@H]1C[C@@H](OC(=O)C(F)(F)F)C[C@@H](CO)O1. The second-order valence-corrected chi connectivity index (χ2v) is 3.75. The number of aliphatic hydroxyl groups is 1. The summed E-state index contributed by atoms with van der Waals surface area (Å²) in [6.07, 6.45) is -6.45. The van der Waals surface area contributed by atoms with Crippen LogP contribution in [0.5, 0.6) is 0 Å². The molecule has 3 atom stereocenters. The fraction of sp³-hybridized carbons (Fsp3) is 0.889. The van der Waals surface area contributed by atoms with Crippen LogP contribution in [0.15, 0.2) is 0 Å². The maximum Gasteiger partial charge on any atom is 0.490 e. The molecule has 1 aliphatic rings. The monoisotopic (exact) mass is 242 g/mol. The van der Waals surface area contributed by atoms with E-state index in [1.54, 1.807) is 6.92 Å². The average Bonchev–Trinajstić information content (AvgIpc) is 2.15. The van der Waals surface area contributed by atoms with Crippen LogP contribution >= 0.6 is 0 Å². The van der Waals surface area contributed by atoms with Gasteiger partial charge in [-0.15, -0.1) is 0 Å². The van der Waals surface area contributed by atoms with E-state index in [1.807, 2.05) is 0 Å². The van der Waals surface area contributed by atoms with Crippen molar-refractivity contribution in [3.8, 4) is 0 Å². The van der Waals surface area contributed by atoms with Gasteiger partial charge in [0.15, 0.2) is 0 Å². The Balaban J connectivity index is 2.51. The molecule has 0 aromatic carbocycles. The largest absolute Gasteiger partial charge is 0.490 e. The van der Waals surface area contributed by atoms with Gasteiger partial charge in [-0.3, -0.25) is 0 Å². The third-order valence-corrected chi connectivity index (χ3v) is 2.25. The van der Waals surface area contributed by atoms with Crippen molar-refractivity contribution in [3.05, 3.63) is 0 Å². The number of aliphatic hydroxyl groups excluding tert-OH is 1. The number of hydrogen-bond donors (Lipinski definition) is 1. The minimum Gasteiger partial charge on any atom is -0.456 e. The third-order valence-electron chi connectivity index (χ3n) is 2.25. The lowest BCUT2D eigenvalue weighted by atomic mass is 10.0. The molecule has 0 aromatic heterocycles. The van der Waals surface area contributed by atoms with Gasteiger partial charge in [0.2, 0.25) is 0 Å². The standard InChI is InChI=1S/C9H13F3O4/c1-5-2-6(3-7(4-13)15-5)16-8(14)9(10,11)12/h5-7,13H,2-4H2,1H3/t5-,6+,7-/m0/s1. The van der Waals surface area contributed by atoms with Crippen LogP contribution in [-0.2, 0) is 14.3 Å². The zero-order valence-corrected chi connectivity index (χ0v) is 8.66. The topological polar surface area (TPSA) is 55.8 Å². The fourth-order valence-corrected chi connectivity index (χ4v) is 1.63. The lowest BCUT2D eigenvalue weighted by molar-refractivity contribution is -0.212. The molecule has 1 saturated heterocycles. The predicted molar refractivity (Wildman–Crippen MR) is 46.6 cm³/mol. The first kappa shape index (κ1) is 13.2. The molecule has 1 heterocycles. The van der Waals surface area contributed by atoms with Crippen LogP contribution in [0.2, 0.25) is 0 Å². The molecule has 0 saturated carbocycles. The third kappa shape index (κ3) is 3.64. The van der Waals surface area contributed by atoms with Crippen molar-refractivity contribution in [2.75, 3.05) is 6.61 Å². The van der Waals surface area contributed by atoms with Crippen LogP contribution in [0.25, 0.3) is 0 Å². The van der Waals surface area contributed by atoms with Crippen LogP contribution < -0.4 is 0 Å². The Bertz CT molecular complexity index is 254. The number of halogens is 3. The summed E-state index contributed by atoms with van der Waals surface area (Å²) in [4.78, 5) is 10.6. The van der Waals surface area contributed by atoms with Crippen LogP contribution in [-0.4, -0.2) is 42.2 Å².